The number of carbonyl (C=O) groups excluding carboxylic acids is 2. The van der Waals surface area contributed by atoms with Crippen molar-refractivity contribution in [1.29, 1.82) is 0 Å². The first-order chi connectivity index (χ1) is 20.0. The Balaban J connectivity index is 1.14. The standard InChI is InChI=1S/C32H40N6O3/c1-2-29(39)37-15-12-32(21-37)18-24(19-32)38-27-11-10-22(20-36-13-6-7-14-36)16-26(27)33-31(38)34-30(40)28-17-25(35-41-28)23-8-4-3-5-9-23/h2,10-11,16-17,23-24H,1,3-9,12-15,18-21H2,(H,33,34,40). The number of amides is 2. The van der Waals surface area contributed by atoms with Gasteiger partial charge in [0.05, 0.1) is 16.7 Å². The maximum absolute atomic E-state index is 13.4. The van der Waals surface area contributed by atoms with Crippen molar-refractivity contribution in [1.82, 2.24) is 24.5 Å². The number of benzene rings is 1. The SMILES string of the molecule is C=CC(=O)N1CCC2(CC(n3c(NC(=O)c4cc(C5CCCCC5)no4)nc4cc(CN5CCCC5)ccc43)C2)C1. The molecule has 2 saturated heterocycles. The number of anilines is 1. The third-order valence-corrected chi connectivity index (χ3v) is 9.99. The van der Waals surface area contributed by atoms with Crippen molar-refractivity contribution in [2.75, 3.05) is 31.5 Å². The first-order valence-electron chi connectivity index (χ1n) is 15.4. The van der Waals surface area contributed by atoms with Crippen LogP contribution >= 0.6 is 0 Å². The summed E-state index contributed by atoms with van der Waals surface area (Å²) in [4.78, 5) is 35.0. The average molecular weight is 557 g/mol. The molecule has 7 rings (SSSR count). The second kappa shape index (κ2) is 10.7. The molecule has 2 aliphatic carbocycles. The van der Waals surface area contributed by atoms with Crippen LogP contribution in [-0.2, 0) is 11.3 Å². The highest BCUT2D eigenvalue weighted by atomic mass is 16.5. The van der Waals surface area contributed by atoms with E-state index < -0.39 is 0 Å². The van der Waals surface area contributed by atoms with Crippen molar-refractivity contribution in [2.24, 2.45) is 5.41 Å². The zero-order valence-electron chi connectivity index (χ0n) is 23.8. The van der Waals surface area contributed by atoms with Gasteiger partial charge in [0.2, 0.25) is 17.6 Å². The molecule has 1 aromatic carbocycles. The first-order valence-corrected chi connectivity index (χ1v) is 15.4. The van der Waals surface area contributed by atoms with Gasteiger partial charge in [0.25, 0.3) is 5.91 Å². The van der Waals surface area contributed by atoms with Crippen LogP contribution in [-0.4, -0.2) is 62.5 Å². The van der Waals surface area contributed by atoms with Gasteiger partial charge in [0.15, 0.2) is 0 Å². The lowest BCUT2D eigenvalue weighted by Gasteiger charge is -2.46. The molecule has 4 aliphatic rings. The van der Waals surface area contributed by atoms with E-state index in [4.69, 9.17) is 9.51 Å². The monoisotopic (exact) mass is 556 g/mol. The Hall–Kier alpha value is -3.46. The lowest BCUT2D eigenvalue weighted by molar-refractivity contribution is -0.125. The van der Waals surface area contributed by atoms with Crippen LogP contribution in [0.1, 0.15) is 98.0 Å². The van der Waals surface area contributed by atoms with E-state index in [1.165, 1.54) is 43.7 Å². The van der Waals surface area contributed by atoms with Crippen molar-refractivity contribution in [3.05, 3.63) is 53.9 Å². The summed E-state index contributed by atoms with van der Waals surface area (Å²) in [7, 11) is 0. The Bertz CT molecular complexity index is 1460. The van der Waals surface area contributed by atoms with E-state index in [0.717, 1.165) is 81.6 Å². The molecule has 1 N–H and O–H groups in total. The number of nitrogens with one attached hydrogen (secondary N) is 1. The van der Waals surface area contributed by atoms with Gasteiger partial charge < -0.3 is 14.0 Å². The molecule has 0 unspecified atom stereocenters. The molecular weight excluding hydrogens is 516 g/mol. The molecule has 9 nitrogen and oxygen atoms in total. The van der Waals surface area contributed by atoms with Crippen LogP contribution in [0.15, 0.2) is 41.4 Å². The molecule has 0 radical (unpaired) electrons. The molecular formula is C32H40N6O3. The van der Waals surface area contributed by atoms with Gasteiger partial charge in [0, 0.05) is 37.7 Å². The van der Waals surface area contributed by atoms with Crippen molar-refractivity contribution in [3.63, 3.8) is 0 Å². The van der Waals surface area contributed by atoms with E-state index in [-0.39, 0.29) is 29.0 Å². The Labute approximate surface area is 240 Å². The summed E-state index contributed by atoms with van der Waals surface area (Å²) in [6.45, 7) is 8.41. The van der Waals surface area contributed by atoms with Crippen LogP contribution in [0.4, 0.5) is 5.95 Å². The average Bonchev–Trinajstić information content (AvgIpc) is 3.78. The third kappa shape index (κ3) is 5.09. The molecule has 2 aliphatic heterocycles. The lowest BCUT2D eigenvalue weighted by Crippen LogP contribution is -2.42. The molecule has 216 valence electrons. The fraction of sp³-hybridized carbons (Fsp3) is 0.562. The van der Waals surface area contributed by atoms with Crippen LogP contribution in [0.2, 0.25) is 0 Å². The van der Waals surface area contributed by atoms with Gasteiger partial charge in [-0.25, -0.2) is 4.98 Å². The van der Waals surface area contributed by atoms with Crippen molar-refractivity contribution in [2.45, 2.75) is 82.7 Å². The number of fused-ring (bicyclic) bond motifs is 1. The summed E-state index contributed by atoms with van der Waals surface area (Å²) < 4.78 is 7.73. The van der Waals surface area contributed by atoms with Crippen LogP contribution in [0.5, 0.6) is 0 Å². The molecule has 0 bridgehead atoms. The van der Waals surface area contributed by atoms with Crippen LogP contribution in [0.25, 0.3) is 11.0 Å². The van der Waals surface area contributed by atoms with E-state index in [9.17, 15) is 9.59 Å². The smallest absolute Gasteiger partial charge is 0.296 e. The number of hydrogen-bond acceptors (Lipinski definition) is 6. The van der Waals surface area contributed by atoms with E-state index >= 15 is 0 Å². The summed E-state index contributed by atoms with van der Waals surface area (Å²) in [6.07, 6.45) is 12.7. The number of imidazole rings is 1. The topological polar surface area (TPSA) is 96.5 Å². The second-order valence-electron chi connectivity index (χ2n) is 12.8. The molecule has 2 saturated carbocycles. The quantitative estimate of drug-likeness (QED) is 0.377. The fourth-order valence-electron chi connectivity index (χ4n) is 7.76. The van der Waals surface area contributed by atoms with Gasteiger partial charge in [-0.05, 0) is 87.2 Å². The van der Waals surface area contributed by atoms with Crippen LogP contribution in [0.3, 0.4) is 0 Å². The molecule has 2 amide bonds. The number of aromatic nitrogens is 3. The van der Waals surface area contributed by atoms with Crippen LogP contribution < -0.4 is 5.32 Å². The summed E-state index contributed by atoms with van der Waals surface area (Å²) >= 11 is 0. The highest BCUT2D eigenvalue weighted by Gasteiger charge is 2.50. The minimum atomic E-state index is -0.314. The fourth-order valence-corrected chi connectivity index (χ4v) is 7.76. The maximum Gasteiger partial charge on any atom is 0.296 e. The summed E-state index contributed by atoms with van der Waals surface area (Å²) in [5.74, 6) is 0.856. The number of carbonyl (C=O) groups is 2. The summed E-state index contributed by atoms with van der Waals surface area (Å²) in [5.41, 5.74) is 4.18. The van der Waals surface area contributed by atoms with Gasteiger partial charge in [0.1, 0.15) is 0 Å². The van der Waals surface area contributed by atoms with E-state index in [1.54, 1.807) is 0 Å². The molecule has 2 aromatic heterocycles. The zero-order chi connectivity index (χ0) is 28.0. The van der Waals surface area contributed by atoms with E-state index in [0.29, 0.717) is 11.9 Å². The van der Waals surface area contributed by atoms with Gasteiger partial charge in [-0.15, -0.1) is 0 Å². The van der Waals surface area contributed by atoms with Gasteiger partial charge in [-0.2, -0.15) is 0 Å². The number of nitrogens with zero attached hydrogens (tertiary/aromatic N) is 5. The zero-order valence-corrected chi connectivity index (χ0v) is 23.8. The van der Waals surface area contributed by atoms with Gasteiger partial charge in [-0.3, -0.25) is 19.8 Å². The van der Waals surface area contributed by atoms with Gasteiger partial charge >= 0.3 is 0 Å². The lowest BCUT2D eigenvalue weighted by atomic mass is 9.64. The predicted octanol–water partition coefficient (Wildman–Crippen LogP) is 5.66. The summed E-state index contributed by atoms with van der Waals surface area (Å²) in [5, 5.41) is 7.34. The number of rotatable bonds is 7. The highest BCUT2D eigenvalue weighted by Crippen LogP contribution is 2.55. The molecule has 3 aromatic rings. The number of likely N-dealkylation sites (tertiary alicyclic amines) is 2. The van der Waals surface area contributed by atoms with Gasteiger partial charge in [-0.1, -0.05) is 37.1 Å². The minimum absolute atomic E-state index is 0.0107. The first kappa shape index (κ1) is 26.4. The number of hydrogen-bond donors (Lipinski definition) is 1. The van der Waals surface area contributed by atoms with E-state index in [2.05, 4.69) is 44.7 Å². The maximum atomic E-state index is 13.4. The molecule has 0 atom stereocenters. The Kier molecular flexibility index (Phi) is 6.93. The largest absolute Gasteiger partial charge is 0.351 e. The Morgan fingerprint density at radius 2 is 1.88 bits per heavy atom. The third-order valence-electron chi connectivity index (χ3n) is 9.99. The predicted molar refractivity (Wildman–Crippen MR) is 157 cm³/mol. The van der Waals surface area contributed by atoms with E-state index in [1.807, 2.05) is 11.0 Å². The second-order valence-corrected chi connectivity index (χ2v) is 12.8. The highest BCUT2D eigenvalue weighted by molar-refractivity contribution is 6.02. The summed E-state index contributed by atoms with van der Waals surface area (Å²) in [6, 6.07) is 8.54. The molecule has 9 heteroatoms. The molecule has 4 heterocycles. The minimum Gasteiger partial charge on any atom is -0.351 e. The van der Waals surface area contributed by atoms with Crippen LogP contribution in [0, 0.1) is 5.41 Å². The van der Waals surface area contributed by atoms with Crippen molar-refractivity contribution < 1.29 is 14.1 Å². The molecule has 1 spiro atoms. The molecule has 41 heavy (non-hydrogen) atoms. The Morgan fingerprint density at radius 3 is 2.66 bits per heavy atom. The van der Waals surface area contributed by atoms with Crippen molar-refractivity contribution in [3.8, 4) is 0 Å². The van der Waals surface area contributed by atoms with Crippen molar-refractivity contribution >= 4 is 28.8 Å². The normalized spacial score (nSPS) is 25.2. The Morgan fingerprint density at radius 1 is 1.07 bits per heavy atom. The molecule has 4 fully saturated rings.